The van der Waals surface area contributed by atoms with Crippen molar-refractivity contribution in [3.8, 4) is 0 Å². The fraction of sp³-hybridized carbons (Fsp3) is 0.455. The second-order valence-electron chi connectivity index (χ2n) is 3.67. The second-order valence-corrected chi connectivity index (χ2v) is 5.61. The molecule has 1 fully saturated rings. The SMILES string of the molecule is Brc1ccc(CSCC2CNC2)cc1. The number of halogens is 1. The van der Waals surface area contributed by atoms with E-state index in [0.717, 1.165) is 16.1 Å². The number of rotatable bonds is 4. The molecule has 1 heterocycles. The molecule has 0 radical (unpaired) electrons. The van der Waals surface area contributed by atoms with E-state index in [1.54, 1.807) is 0 Å². The van der Waals surface area contributed by atoms with Crippen molar-refractivity contribution in [2.75, 3.05) is 18.8 Å². The molecule has 76 valence electrons. The van der Waals surface area contributed by atoms with Gasteiger partial charge in [-0.1, -0.05) is 28.1 Å². The van der Waals surface area contributed by atoms with Crippen LogP contribution in [0.4, 0.5) is 0 Å². The highest BCUT2D eigenvalue weighted by Crippen LogP contribution is 2.19. The van der Waals surface area contributed by atoms with Crippen LogP contribution in [-0.2, 0) is 5.75 Å². The van der Waals surface area contributed by atoms with Gasteiger partial charge >= 0.3 is 0 Å². The Morgan fingerprint density at radius 1 is 1.29 bits per heavy atom. The average Bonchev–Trinajstić information content (AvgIpc) is 2.12. The number of hydrogen-bond donors (Lipinski definition) is 1. The highest BCUT2D eigenvalue weighted by Gasteiger charge is 2.15. The van der Waals surface area contributed by atoms with Crippen molar-refractivity contribution in [3.05, 3.63) is 34.3 Å². The molecule has 0 aromatic heterocycles. The predicted molar refractivity (Wildman–Crippen MR) is 66.7 cm³/mol. The first-order valence-electron chi connectivity index (χ1n) is 4.87. The molecule has 0 amide bonds. The Hall–Kier alpha value is 0.01000. The largest absolute Gasteiger partial charge is 0.316 e. The summed E-state index contributed by atoms with van der Waals surface area (Å²) in [7, 11) is 0. The molecule has 0 aliphatic carbocycles. The minimum Gasteiger partial charge on any atom is -0.316 e. The number of thioether (sulfide) groups is 1. The summed E-state index contributed by atoms with van der Waals surface area (Å²) in [4.78, 5) is 0. The van der Waals surface area contributed by atoms with Crippen LogP contribution in [0, 0.1) is 5.92 Å². The summed E-state index contributed by atoms with van der Waals surface area (Å²) in [5, 5.41) is 3.30. The molecule has 3 heteroatoms. The van der Waals surface area contributed by atoms with Gasteiger partial charge in [0.1, 0.15) is 0 Å². The van der Waals surface area contributed by atoms with Crippen LogP contribution in [-0.4, -0.2) is 18.8 Å². The fourth-order valence-corrected chi connectivity index (χ4v) is 2.77. The molecule has 14 heavy (non-hydrogen) atoms. The molecule has 0 spiro atoms. The van der Waals surface area contributed by atoms with Crippen molar-refractivity contribution in [1.29, 1.82) is 0 Å². The zero-order chi connectivity index (χ0) is 9.80. The molecule has 1 aliphatic heterocycles. The van der Waals surface area contributed by atoms with Crippen molar-refractivity contribution in [2.24, 2.45) is 5.92 Å². The van der Waals surface area contributed by atoms with Crippen LogP contribution in [0.3, 0.4) is 0 Å². The Balaban J connectivity index is 1.71. The van der Waals surface area contributed by atoms with Crippen LogP contribution in [0.5, 0.6) is 0 Å². The summed E-state index contributed by atoms with van der Waals surface area (Å²) in [6, 6.07) is 8.60. The highest BCUT2D eigenvalue weighted by atomic mass is 79.9. The van der Waals surface area contributed by atoms with Gasteiger partial charge in [0.2, 0.25) is 0 Å². The Bertz CT molecular complexity index is 282. The number of benzene rings is 1. The van der Waals surface area contributed by atoms with E-state index in [4.69, 9.17) is 0 Å². The van der Waals surface area contributed by atoms with Gasteiger partial charge in [0, 0.05) is 10.2 Å². The van der Waals surface area contributed by atoms with Crippen LogP contribution in [0.2, 0.25) is 0 Å². The smallest absolute Gasteiger partial charge is 0.0184 e. The summed E-state index contributed by atoms with van der Waals surface area (Å²) in [6.45, 7) is 2.43. The molecule has 0 atom stereocenters. The van der Waals surface area contributed by atoms with Crippen LogP contribution in [0.1, 0.15) is 5.56 Å². The maximum atomic E-state index is 3.44. The maximum Gasteiger partial charge on any atom is 0.0184 e. The van der Waals surface area contributed by atoms with E-state index < -0.39 is 0 Å². The average molecular weight is 272 g/mol. The lowest BCUT2D eigenvalue weighted by Gasteiger charge is -2.26. The Morgan fingerprint density at radius 3 is 2.57 bits per heavy atom. The minimum atomic E-state index is 0.912. The summed E-state index contributed by atoms with van der Waals surface area (Å²) in [6.07, 6.45) is 0. The van der Waals surface area contributed by atoms with Gasteiger partial charge in [-0.05, 0) is 42.5 Å². The van der Waals surface area contributed by atoms with Crippen molar-refractivity contribution in [2.45, 2.75) is 5.75 Å². The van der Waals surface area contributed by atoms with Crippen LogP contribution in [0.25, 0.3) is 0 Å². The van der Waals surface area contributed by atoms with E-state index in [1.165, 1.54) is 24.4 Å². The van der Waals surface area contributed by atoms with E-state index in [1.807, 2.05) is 11.8 Å². The van der Waals surface area contributed by atoms with E-state index in [9.17, 15) is 0 Å². The van der Waals surface area contributed by atoms with E-state index in [2.05, 4.69) is 45.5 Å². The van der Waals surface area contributed by atoms with E-state index >= 15 is 0 Å². The highest BCUT2D eigenvalue weighted by molar-refractivity contribution is 9.10. The molecule has 0 bridgehead atoms. The Kier molecular flexibility index (Phi) is 3.90. The zero-order valence-electron chi connectivity index (χ0n) is 8.00. The van der Waals surface area contributed by atoms with Gasteiger partial charge in [-0.3, -0.25) is 0 Å². The van der Waals surface area contributed by atoms with Gasteiger partial charge in [-0.2, -0.15) is 11.8 Å². The normalized spacial score (nSPS) is 16.6. The zero-order valence-corrected chi connectivity index (χ0v) is 10.4. The van der Waals surface area contributed by atoms with E-state index in [-0.39, 0.29) is 0 Å². The van der Waals surface area contributed by atoms with Gasteiger partial charge in [-0.25, -0.2) is 0 Å². The first kappa shape index (κ1) is 10.5. The fourth-order valence-electron chi connectivity index (χ4n) is 1.39. The molecule has 1 aromatic rings. The van der Waals surface area contributed by atoms with Gasteiger partial charge in [-0.15, -0.1) is 0 Å². The van der Waals surface area contributed by atoms with Gasteiger partial charge < -0.3 is 5.32 Å². The summed E-state index contributed by atoms with van der Waals surface area (Å²) in [5.41, 5.74) is 1.42. The van der Waals surface area contributed by atoms with Crippen molar-refractivity contribution in [3.63, 3.8) is 0 Å². The lowest BCUT2D eigenvalue weighted by atomic mass is 10.1. The summed E-state index contributed by atoms with van der Waals surface area (Å²) in [5.74, 6) is 3.35. The molecule has 0 unspecified atom stereocenters. The summed E-state index contributed by atoms with van der Waals surface area (Å²) < 4.78 is 1.16. The van der Waals surface area contributed by atoms with E-state index in [0.29, 0.717) is 0 Å². The molecule has 1 aliphatic rings. The van der Waals surface area contributed by atoms with Gasteiger partial charge in [0.25, 0.3) is 0 Å². The third-order valence-corrected chi connectivity index (χ3v) is 4.17. The maximum absolute atomic E-state index is 3.44. The molecular weight excluding hydrogens is 258 g/mol. The first-order valence-corrected chi connectivity index (χ1v) is 6.82. The van der Waals surface area contributed by atoms with Gasteiger partial charge in [0.05, 0.1) is 0 Å². The van der Waals surface area contributed by atoms with Crippen molar-refractivity contribution in [1.82, 2.24) is 5.32 Å². The Morgan fingerprint density at radius 2 is 2.00 bits per heavy atom. The number of hydrogen-bond acceptors (Lipinski definition) is 2. The topological polar surface area (TPSA) is 12.0 Å². The molecule has 1 saturated heterocycles. The van der Waals surface area contributed by atoms with Crippen molar-refractivity contribution < 1.29 is 0 Å². The van der Waals surface area contributed by atoms with Crippen LogP contribution in [0.15, 0.2) is 28.7 Å². The molecular formula is C11H14BrNS. The lowest BCUT2D eigenvalue weighted by Crippen LogP contribution is -2.43. The molecule has 0 saturated carbocycles. The number of nitrogens with one attached hydrogen (secondary N) is 1. The van der Waals surface area contributed by atoms with Crippen LogP contribution < -0.4 is 5.32 Å². The molecule has 2 rings (SSSR count). The Labute approximate surface area is 97.8 Å². The van der Waals surface area contributed by atoms with Crippen LogP contribution >= 0.6 is 27.7 Å². The predicted octanol–water partition coefficient (Wildman–Crippen LogP) is 2.90. The monoisotopic (exact) mass is 271 g/mol. The quantitative estimate of drug-likeness (QED) is 0.904. The third-order valence-electron chi connectivity index (χ3n) is 2.40. The van der Waals surface area contributed by atoms with Crippen molar-refractivity contribution >= 4 is 27.7 Å². The second kappa shape index (κ2) is 5.19. The third kappa shape index (κ3) is 3.01. The standard InChI is InChI=1S/C11H14BrNS/c12-11-3-1-9(2-4-11)7-14-8-10-5-13-6-10/h1-4,10,13H,5-8H2. The first-order chi connectivity index (χ1) is 6.84. The molecule has 1 nitrogen and oxygen atoms in total. The summed E-state index contributed by atoms with van der Waals surface area (Å²) >= 11 is 5.48. The molecule has 1 N–H and O–H groups in total. The minimum absolute atomic E-state index is 0.912. The van der Waals surface area contributed by atoms with Gasteiger partial charge in [0.15, 0.2) is 0 Å². The molecule has 1 aromatic carbocycles. The lowest BCUT2D eigenvalue weighted by molar-refractivity contribution is 0.385.